The number of nitrogens with two attached hydrogens (primary N) is 1. The molecule has 2 aromatic heterocycles. The molecule has 4 N–H and O–H groups in total. The fraction of sp³-hybridized carbons (Fsp3) is 0.100. The second kappa shape index (κ2) is 11.7. The maximum Gasteiger partial charge on any atom is 0.416 e. The second-order valence-electron chi connectivity index (χ2n) is 9.52. The average Bonchev–Trinajstić information content (AvgIpc) is 3.39. The molecule has 5 aromatic rings. The number of ether oxygens (including phenoxy) is 1. The molecular weight excluding hydrogens is 597 g/mol. The molecule has 1 aliphatic heterocycles. The largest absolute Gasteiger partial charge is 0.496 e. The van der Waals surface area contributed by atoms with Gasteiger partial charge in [-0.2, -0.15) is 26.9 Å². The molecule has 0 fully saturated rings. The van der Waals surface area contributed by atoms with Crippen molar-refractivity contribution in [2.75, 3.05) is 17.7 Å². The van der Waals surface area contributed by atoms with Crippen LogP contribution in [0.4, 0.5) is 24.8 Å². The first kappa shape index (κ1) is 30.1. The van der Waals surface area contributed by atoms with Crippen molar-refractivity contribution in [1.29, 1.82) is 5.26 Å². The first-order valence-electron chi connectivity index (χ1n) is 12.8. The van der Waals surface area contributed by atoms with E-state index in [1.807, 2.05) is 36.4 Å². The predicted octanol–water partition coefficient (Wildman–Crippen LogP) is 5.97. The lowest BCUT2D eigenvalue weighted by molar-refractivity contribution is -0.137. The van der Waals surface area contributed by atoms with E-state index in [2.05, 4.69) is 15.0 Å². The molecule has 0 saturated carbocycles. The monoisotopic (exact) mass is 620 g/mol. The molecule has 0 aliphatic carbocycles. The Labute approximate surface area is 249 Å². The number of nitrogens with zero attached hydrogens (tertiary/aromatic N) is 4. The van der Waals surface area contributed by atoms with E-state index in [0.717, 1.165) is 35.6 Å². The minimum absolute atomic E-state index is 0.0567. The lowest BCUT2D eigenvalue weighted by Gasteiger charge is -2.36. The number of para-hydroxylation sites is 1. The van der Waals surface area contributed by atoms with Gasteiger partial charge in [0.15, 0.2) is 0 Å². The molecule has 3 heterocycles. The maximum atomic E-state index is 13.3. The smallest absolute Gasteiger partial charge is 0.416 e. The lowest BCUT2D eigenvalue weighted by atomic mass is 9.86. The van der Waals surface area contributed by atoms with Crippen molar-refractivity contribution >= 4 is 38.2 Å². The van der Waals surface area contributed by atoms with Gasteiger partial charge in [-0.15, -0.1) is 0 Å². The number of H-pyrrole nitrogens is 1. The third kappa shape index (κ3) is 6.05. The van der Waals surface area contributed by atoms with E-state index in [-0.39, 0.29) is 16.9 Å². The molecule has 0 radical (unpaired) electrons. The molecule has 1 atom stereocenters. The van der Waals surface area contributed by atoms with Gasteiger partial charge in [-0.3, -0.25) is 4.55 Å². The number of allylic oxidation sites excluding steroid dienone is 1. The molecule has 3 aromatic carbocycles. The Hall–Kier alpha value is -5.39. The zero-order valence-corrected chi connectivity index (χ0v) is 23.6. The number of nitrogens with one attached hydrogen (secondary N) is 1. The summed E-state index contributed by atoms with van der Waals surface area (Å²) >= 11 is 0. The molecule has 14 heteroatoms. The van der Waals surface area contributed by atoms with E-state index >= 15 is 0 Å². The van der Waals surface area contributed by atoms with Gasteiger partial charge >= 0.3 is 6.18 Å². The highest BCUT2D eigenvalue weighted by Gasteiger charge is 2.36. The Kier molecular flexibility index (Phi) is 8.01. The number of hydrogen-bond donors (Lipinski definition) is 3. The number of aromatic amines is 1. The Balaban J connectivity index is 0.000000322. The zero-order valence-electron chi connectivity index (χ0n) is 22.8. The zero-order chi connectivity index (χ0) is 31.6. The van der Waals surface area contributed by atoms with E-state index in [0.29, 0.717) is 16.9 Å². The number of benzene rings is 3. The molecule has 44 heavy (non-hydrogen) atoms. The van der Waals surface area contributed by atoms with Crippen molar-refractivity contribution in [3.05, 3.63) is 114 Å². The number of anilines is 2. The molecule has 1 unspecified atom stereocenters. The van der Waals surface area contributed by atoms with Crippen LogP contribution in [0.5, 0.6) is 5.75 Å². The number of halogens is 3. The minimum Gasteiger partial charge on any atom is -0.496 e. The van der Waals surface area contributed by atoms with Crippen molar-refractivity contribution in [2.24, 2.45) is 0 Å². The summed E-state index contributed by atoms with van der Waals surface area (Å²) in [6, 6.07) is 19.3. The van der Waals surface area contributed by atoms with Crippen LogP contribution in [0, 0.1) is 11.3 Å². The minimum atomic E-state index is -4.60. The fourth-order valence-corrected chi connectivity index (χ4v) is 5.36. The van der Waals surface area contributed by atoms with Crippen LogP contribution in [-0.4, -0.2) is 35.0 Å². The Morgan fingerprint density at radius 3 is 2.45 bits per heavy atom. The number of rotatable bonds is 4. The molecule has 0 bridgehead atoms. The van der Waals surface area contributed by atoms with Crippen LogP contribution in [-0.2, 0) is 16.3 Å². The van der Waals surface area contributed by atoms with E-state index in [9.17, 15) is 31.4 Å². The summed E-state index contributed by atoms with van der Waals surface area (Å²) in [6.45, 7) is 0. The summed E-state index contributed by atoms with van der Waals surface area (Å²) in [5.41, 5.74) is 6.67. The Morgan fingerprint density at radius 2 is 1.82 bits per heavy atom. The number of hydrogen-bond acceptors (Lipinski definition) is 8. The first-order valence-corrected chi connectivity index (χ1v) is 14.2. The van der Waals surface area contributed by atoms with Crippen molar-refractivity contribution in [1.82, 2.24) is 15.0 Å². The summed E-state index contributed by atoms with van der Waals surface area (Å²) in [7, 11) is -3.34. The van der Waals surface area contributed by atoms with Crippen LogP contribution in [0.25, 0.3) is 16.5 Å². The summed E-state index contributed by atoms with van der Waals surface area (Å²) < 4.78 is 78.0. The van der Waals surface area contributed by atoms with Gasteiger partial charge < -0.3 is 20.4 Å². The van der Waals surface area contributed by atoms with Gasteiger partial charge in [0.2, 0.25) is 0 Å². The predicted molar refractivity (Wildman–Crippen MR) is 157 cm³/mol. The highest BCUT2D eigenvalue weighted by atomic mass is 32.2. The summed E-state index contributed by atoms with van der Waals surface area (Å²) in [5.74, 6) is 0.984. The number of nitrogen functional groups attached to an aromatic ring is 1. The van der Waals surface area contributed by atoms with Gasteiger partial charge in [0.1, 0.15) is 29.8 Å². The highest BCUT2D eigenvalue weighted by molar-refractivity contribution is 7.85. The van der Waals surface area contributed by atoms with Crippen molar-refractivity contribution in [2.45, 2.75) is 17.1 Å². The van der Waals surface area contributed by atoms with Gasteiger partial charge in [0.05, 0.1) is 29.2 Å². The van der Waals surface area contributed by atoms with Gasteiger partial charge in [-0.25, -0.2) is 9.97 Å². The molecule has 1 aliphatic rings. The number of methoxy groups -OCH3 is 1. The highest BCUT2D eigenvalue weighted by Crippen LogP contribution is 2.45. The SMILES string of the molecule is COc1cc(C(F)(F)F)ccc1C1c2ccc(S(=O)(=O)O)cc2C(C#N)=CN1c1ccncn1.Nc1cc2ccccc2[nH]1. The van der Waals surface area contributed by atoms with E-state index in [1.165, 1.54) is 43.4 Å². The molecule has 0 saturated heterocycles. The average molecular weight is 621 g/mol. The Bertz CT molecular complexity index is 1990. The van der Waals surface area contributed by atoms with Crippen LogP contribution in [0.1, 0.15) is 28.3 Å². The quantitative estimate of drug-likeness (QED) is 0.206. The number of nitriles is 1. The molecule has 0 spiro atoms. The number of aromatic nitrogens is 3. The van der Waals surface area contributed by atoms with Crippen molar-refractivity contribution < 1.29 is 30.9 Å². The normalized spacial score (nSPS) is 14.6. The van der Waals surface area contributed by atoms with Crippen LogP contribution in [0.15, 0.2) is 96.4 Å². The maximum absolute atomic E-state index is 13.3. The van der Waals surface area contributed by atoms with Crippen LogP contribution < -0.4 is 15.4 Å². The molecular formula is C30H23F3N6O4S. The van der Waals surface area contributed by atoms with Crippen LogP contribution in [0.3, 0.4) is 0 Å². The lowest BCUT2D eigenvalue weighted by Crippen LogP contribution is -2.30. The summed E-state index contributed by atoms with van der Waals surface area (Å²) in [4.78, 5) is 12.2. The third-order valence-corrected chi connectivity index (χ3v) is 7.66. The van der Waals surface area contributed by atoms with Gasteiger partial charge in [0.25, 0.3) is 10.1 Å². The topological polar surface area (TPSA) is 158 Å². The first-order chi connectivity index (χ1) is 20.9. The van der Waals surface area contributed by atoms with Crippen molar-refractivity contribution in [3.63, 3.8) is 0 Å². The van der Waals surface area contributed by atoms with Crippen LogP contribution >= 0.6 is 0 Å². The second-order valence-corrected chi connectivity index (χ2v) is 10.9. The van der Waals surface area contributed by atoms with E-state index in [1.54, 1.807) is 11.0 Å². The molecule has 10 nitrogen and oxygen atoms in total. The number of fused-ring (bicyclic) bond motifs is 2. The molecule has 0 amide bonds. The third-order valence-electron chi connectivity index (χ3n) is 6.81. The van der Waals surface area contributed by atoms with Gasteiger partial charge in [-0.1, -0.05) is 30.3 Å². The van der Waals surface area contributed by atoms with Gasteiger partial charge in [0, 0.05) is 34.4 Å². The standard InChI is InChI=1S/C22H15F3N4O4S.C8H8N2/c1-33-19-8-14(22(23,24)25)2-4-17(19)21-16-5-3-15(34(30,31)32)9-18(16)13(10-26)11-29(21)20-6-7-27-12-28-20;9-8-5-6-3-1-2-4-7(6)10-8/h2-9,11-12,21H,1H3,(H,30,31,32);1-5,10H,9H2. The summed E-state index contributed by atoms with van der Waals surface area (Å²) in [5, 5.41) is 10.9. The fourth-order valence-electron chi connectivity index (χ4n) is 4.85. The van der Waals surface area contributed by atoms with E-state index < -0.39 is 32.8 Å². The number of alkyl halides is 3. The molecule has 224 valence electrons. The van der Waals surface area contributed by atoms with Crippen LogP contribution in [0.2, 0.25) is 0 Å². The van der Waals surface area contributed by atoms with Gasteiger partial charge in [-0.05, 0) is 48.0 Å². The summed E-state index contributed by atoms with van der Waals surface area (Å²) in [6.07, 6.45) is -0.464. The molecule has 6 rings (SSSR count). The van der Waals surface area contributed by atoms with E-state index in [4.69, 9.17) is 10.5 Å². The van der Waals surface area contributed by atoms with Crippen molar-refractivity contribution in [3.8, 4) is 11.8 Å². The Morgan fingerprint density at radius 1 is 1.07 bits per heavy atom.